The minimum Gasteiger partial charge on any atom is -0.342 e. The van der Waals surface area contributed by atoms with E-state index >= 15 is 0 Å². The number of carbonyl (C=O) groups excluding carboxylic acids is 2. The van der Waals surface area contributed by atoms with Crippen LogP contribution in [0.4, 0.5) is 17.6 Å². The molecule has 1 aromatic carbocycles. The van der Waals surface area contributed by atoms with E-state index in [1.165, 1.54) is 24.4 Å². The predicted molar refractivity (Wildman–Crippen MR) is 133 cm³/mol. The van der Waals surface area contributed by atoms with Gasteiger partial charge >= 0.3 is 0 Å². The number of alkyl halides is 3. The van der Waals surface area contributed by atoms with Gasteiger partial charge in [0.1, 0.15) is 12.2 Å². The van der Waals surface area contributed by atoms with Gasteiger partial charge in [-0.15, -0.1) is 0 Å². The molecule has 2 fully saturated rings. The van der Waals surface area contributed by atoms with Crippen molar-refractivity contribution in [1.82, 2.24) is 20.2 Å². The van der Waals surface area contributed by atoms with E-state index in [9.17, 15) is 31.9 Å². The first-order chi connectivity index (χ1) is 18.6. The first-order valence-corrected chi connectivity index (χ1v) is 12.6. The van der Waals surface area contributed by atoms with Gasteiger partial charge < -0.3 is 15.2 Å². The molecule has 2 amide bonds. The number of hydrogen-bond acceptors (Lipinski definition) is 4. The molecule has 0 bridgehead atoms. The summed E-state index contributed by atoms with van der Waals surface area (Å²) in [5.74, 6) is -5.58. The van der Waals surface area contributed by atoms with E-state index in [4.69, 9.17) is 0 Å². The normalized spacial score (nSPS) is 21.3. The molecule has 0 spiro atoms. The highest BCUT2D eigenvalue weighted by atomic mass is 19.3. The topological polar surface area (TPSA) is 95.2 Å². The van der Waals surface area contributed by atoms with Crippen LogP contribution < -0.4 is 10.9 Å². The van der Waals surface area contributed by atoms with Crippen molar-refractivity contribution in [3.63, 3.8) is 0 Å². The van der Waals surface area contributed by atoms with Crippen molar-refractivity contribution in [3.05, 3.63) is 99.5 Å². The van der Waals surface area contributed by atoms with Crippen LogP contribution in [0.25, 0.3) is 0 Å². The summed E-state index contributed by atoms with van der Waals surface area (Å²) in [5.41, 5.74) is 0.519. The fourth-order valence-corrected chi connectivity index (χ4v) is 5.19. The molecule has 204 valence electrons. The average Bonchev–Trinajstić information content (AvgIpc) is 3.29. The van der Waals surface area contributed by atoms with Crippen molar-refractivity contribution >= 4 is 11.8 Å². The van der Waals surface area contributed by atoms with E-state index < -0.39 is 66.3 Å². The summed E-state index contributed by atoms with van der Waals surface area (Å²) in [6.07, 6.45) is -1.45. The van der Waals surface area contributed by atoms with Gasteiger partial charge in [0.05, 0.1) is 24.7 Å². The average molecular weight is 543 g/mol. The summed E-state index contributed by atoms with van der Waals surface area (Å²) in [7, 11) is 0. The van der Waals surface area contributed by atoms with Crippen LogP contribution in [-0.2, 0) is 16.0 Å². The molecule has 5 rings (SSSR count). The zero-order valence-electron chi connectivity index (χ0n) is 20.7. The molecule has 1 saturated heterocycles. The number of nitrogens with zero attached hydrogens (tertiary/aromatic N) is 2. The van der Waals surface area contributed by atoms with Crippen LogP contribution in [0.2, 0.25) is 0 Å². The molecule has 3 aromatic rings. The highest BCUT2D eigenvalue weighted by Crippen LogP contribution is 2.48. The highest BCUT2D eigenvalue weighted by molar-refractivity contribution is 5.89. The summed E-state index contributed by atoms with van der Waals surface area (Å²) in [6.45, 7) is -0.300. The molecule has 1 aliphatic carbocycles. The monoisotopic (exact) mass is 542 g/mol. The Morgan fingerprint density at radius 3 is 2.51 bits per heavy atom. The number of rotatable bonds is 7. The standard InChI is InChI=1S/C28H26F4N4O3/c29-19-12-22(36(15-19)23(37)11-17-7-4-10-33-26(17)38)27(39)35-24(16-5-2-1-3-6-16)21-9-8-20(25(30)34-21)18-13-28(31,32)14-18/h1-10,18-19,22,24H,11-15H2,(H,33,38)(H,35,39)/t19-,22+,24-/m1/s1. The minimum absolute atomic E-state index is 0.0894. The molecule has 2 N–H and O–H groups in total. The lowest BCUT2D eigenvalue weighted by atomic mass is 9.77. The van der Waals surface area contributed by atoms with E-state index in [1.807, 2.05) is 0 Å². The number of nitrogens with one attached hydrogen (secondary N) is 2. The zero-order chi connectivity index (χ0) is 27.7. The molecular weight excluding hydrogens is 516 g/mol. The predicted octanol–water partition coefficient (Wildman–Crippen LogP) is 3.81. The Morgan fingerprint density at radius 1 is 1.10 bits per heavy atom. The van der Waals surface area contributed by atoms with Gasteiger partial charge in [-0.05, 0) is 23.6 Å². The second-order valence-electron chi connectivity index (χ2n) is 10.0. The molecule has 1 aliphatic heterocycles. The van der Waals surface area contributed by atoms with Crippen molar-refractivity contribution in [3.8, 4) is 0 Å². The van der Waals surface area contributed by atoms with Crippen LogP contribution >= 0.6 is 0 Å². The lowest BCUT2D eigenvalue weighted by Crippen LogP contribution is -2.47. The summed E-state index contributed by atoms with van der Waals surface area (Å²) in [5, 5.41) is 2.77. The van der Waals surface area contributed by atoms with Crippen molar-refractivity contribution in [1.29, 1.82) is 0 Å². The number of pyridine rings is 2. The quantitative estimate of drug-likeness (QED) is 0.351. The summed E-state index contributed by atoms with van der Waals surface area (Å²) < 4.78 is 56.0. The van der Waals surface area contributed by atoms with Crippen LogP contribution in [0.15, 0.2) is 65.6 Å². The molecule has 2 aliphatic rings. The number of halogens is 4. The van der Waals surface area contributed by atoms with Crippen LogP contribution in [-0.4, -0.2) is 51.4 Å². The van der Waals surface area contributed by atoms with Gasteiger partial charge in [-0.1, -0.05) is 42.5 Å². The van der Waals surface area contributed by atoms with Gasteiger partial charge in [0.2, 0.25) is 23.7 Å². The number of benzene rings is 1. The van der Waals surface area contributed by atoms with Crippen LogP contribution in [0.1, 0.15) is 53.6 Å². The number of likely N-dealkylation sites (tertiary alicyclic amines) is 1. The fourth-order valence-electron chi connectivity index (χ4n) is 5.19. The number of hydrogen-bond donors (Lipinski definition) is 2. The molecular formula is C28H26F4N4O3. The summed E-state index contributed by atoms with van der Waals surface area (Å²) in [4.78, 5) is 46.0. The Kier molecular flexibility index (Phi) is 7.24. The van der Waals surface area contributed by atoms with Crippen molar-refractivity contribution < 1.29 is 27.2 Å². The first kappa shape index (κ1) is 26.6. The van der Waals surface area contributed by atoms with Gasteiger partial charge in [0, 0.05) is 36.6 Å². The second-order valence-corrected chi connectivity index (χ2v) is 10.0. The maximum absolute atomic E-state index is 14.9. The van der Waals surface area contributed by atoms with Gasteiger partial charge in [-0.25, -0.2) is 18.2 Å². The Hall–Kier alpha value is -4.02. The second kappa shape index (κ2) is 10.6. The third-order valence-corrected chi connectivity index (χ3v) is 7.26. The number of amides is 2. The number of aromatic nitrogens is 2. The zero-order valence-corrected chi connectivity index (χ0v) is 20.7. The van der Waals surface area contributed by atoms with Crippen molar-refractivity contribution in [2.45, 2.75) is 55.8 Å². The number of aromatic amines is 1. The number of H-pyrrole nitrogens is 1. The molecule has 3 atom stereocenters. The number of carbonyl (C=O) groups is 2. The van der Waals surface area contributed by atoms with Crippen molar-refractivity contribution in [2.24, 2.45) is 0 Å². The Labute approximate surface area is 221 Å². The Morgan fingerprint density at radius 2 is 1.85 bits per heavy atom. The molecule has 11 heteroatoms. The van der Waals surface area contributed by atoms with Gasteiger partial charge in [-0.3, -0.25) is 14.4 Å². The van der Waals surface area contributed by atoms with Gasteiger partial charge in [-0.2, -0.15) is 4.39 Å². The third-order valence-electron chi connectivity index (χ3n) is 7.26. The maximum Gasteiger partial charge on any atom is 0.251 e. The van der Waals surface area contributed by atoms with Crippen LogP contribution in [0.3, 0.4) is 0 Å². The molecule has 0 radical (unpaired) electrons. The molecule has 7 nitrogen and oxygen atoms in total. The van der Waals surface area contributed by atoms with E-state index in [0.717, 1.165) is 4.90 Å². The lowest BCUT2D eigenvalue weighted by Gasteiger charge is -2.35. The molecule has 2 aromatic heterocycles. The first-order valence-electron chi connectivity index (χ1n) is 12.6. The Balaban J connectivity index is 1.38. The van der Waals surface area contributed by atoms with E-state index in [1.54, 1.807) is 36.4 Å². The minimum atomic E-state index is -2.82. The molecule has 39 heavy (non-hydrogen) atoms. The van der Waals surface area contributed by atoms with Gasteiger partial charge in [0.15, 0.2) is 0 Å². The van der Waals surface area contributed by atoms with Crippen LogP contribution in [0.5, 0.6) is 0 Å². The summed E-state index contributed by atoms with van der Waals surface area (Å²) >= 11 is 0. The fraction of sp³-hybridized carbons (Fsp3) is 0.357. The van der Waals surface area contributed by atoms with Crippen molar-refractivity contribution in [2.75, 3.05) is 6.54 Å². The van der Waals surface area contributed by atoms with Gasteiger partial charge in [0.25, 0.3) is 5.56 Å². The molecule has 0 unspecified atom stereocenters. The SMILES string of the molecule is O=C(N[C@H](c1ccccc1)c1ccc(C2CC(F)(F)C2)c(F)n1)[C@@H]1C[C@@H](F)CN1C(=O)Cc1ccc[nH]c1=O. The Bertz CT molecular complexity index is 1420. The highest BCUT2D eigenvalue weighted by Gasteiger charge is 2.47. The smallest absolute Gasteiger partial charge is 0.251 e. The lowest BCUT2D eigenvalue weighted by molar-refractivity contribution is -0.138. The van der Waals surface area contributed by atoms with E-state index in [0.29, 0.717) is 5.56 Å². The molecule has 3 heterocycles. The maximum atomic E-state index is 14.9. The largest absolute Gasteiger partial charge is 0.342 e. The van der Waals surface area contributed by atoms with E-state index in [2.05, 4.69) is 15.3 Å². The van der Waals surface area contributed by atoms with E-state index in [-0.39, 0.29) is 36.2 Å². The summed E-state index contributed by atoms with van der Waals surface area (Å²) in [6, 6.07) is 12.4. The molecule has 1 saturated carbocycles. The third kappa shape index (κ3) is 5.71. The van der Waals surface area contributed by atoms with Crippen LogP contribution in [0, 0.1) is 5.95 Å².